The first-order valence-corrected chi connectivity index (χ1v) is 5.55. The fraction of sp³-hybridized carbons (Fsp3) is 0.250. The molecule has 1 aromatic rings. The van der Waals surface area contributed by atoms with Crippen LogP contribution in [-0.4, -0.2) is 17.7 Å². The summed E-state index contributed by atoms with van der Waals surface area (Å²) in [6, 6.07) is 4.91. The number of benzene rings is 1. The number of hydrogen-bond donors (Lipinski definition) is 1. The van der Waals surface area contributed by atoms with Crippen LogP contribution in [0, 0.1) is 11.8 Å². The standard InChI is InChI=1S/C12H11BrO3/c1-2-16-12(15)5-3-4-9-6-7-11(14)10(13)8-9/h6-8,14H,2,5H2,1H3. The van der Waals surface area contributed by atoms with E-state index >= 15 is 0 Å². The monoisotopic (exact) mass is 282 g/mol. The van der Waals surface area contributed by atoms with Gasteiger partial charge in [-0.3, -0.25) is 4.79 Å². The van der Waals surface area contributed by atoms with E-state index in [1.54, 1.807) is 25.1 Å². The van der Waals surface area contributed by atoms with Gasteiger partial charge >= 0.3 is 5.97 Å². The fourth-order valence-corrected chi connectivity index (χ4v) is 1.39. The third kappa shape index (κ3) is 3.95. The summed E-state index contributed by atoms with van der Waals surface area (Å²) in [4.78, 5) is 11.0. The largest absolute Gasteiger partial charge is 0.507 e. The average molecular weight is 283 g/mol. The van der Waals surface area contributed by atoms with Crippen molar-refractivity contribution in [2.45, 2.75) is 13.3 Å². The maximum absolute atomic E-state index is 11.0. The summed E-state index contributed by atoms with van der Waals surface area (Å²) in [6.45, 7) is 2.12. The van der Waals surface area contributed by atoms with Gasteiger partial charge in [0.05, 0.1) is 11.1 Å². The van der Waals surface area contributed by atoms with Crippen molar-refractivity contribution in [2.24, 2.45) is 0 Å². The molecule has 0 heterocycles. The van der Waals surface area contributed by atoms with Crippen molar-refractivity contribution in [3.63, 3.8) is 0 Å². The van der Waals surface area contributed by atoms with E-state index in [1.165, 1.54) is 0 Å². The first-order valence-electron chi connectivity index (χ1n) is 4.76. The van der Waals surface area contributed by atoms with Crippen LogP contribution in [0.25, 0.3) is 0 Å². The Morgan fingerprint density at radius 1 is 1.56 bits per heavy atom. The zero-order valence-corrected chi connectivity index (χ0v) is 10.4. The first kappa shape index (κ1) is 12.6. The summed E-state index contributed by atoms with van der Waals surface area (Å²) in [5.74, 6) is 5.35. The van der Waals surface area contributed by atoms with Gasteiger partial charge in [-0.25, -0.2) is 0 Å². The molecule has 0 saturated heterocycles. The number of aromatic hydroxyl groups is 1. The molecule has 0 saturated carbocycles. The van der Waals surface area contributed by atoms with E-state index in [-0.39, 0.29) is 18.1 Å². The Balaban J connectivity index is 2.63. The predicted octanol–water partition coefficient (Wildman–Crippen LogP) is 2.46. The van der Waals surface area contributed by atoms with E-state index in [9.17, 15) is 9.90 Å². The van der Waals surface area contributed by atoms with E-state index in [2.05, 4.69) is 27.8 Å². The average Bonchev–Trinajstić information content (AvgIpc) is 2.24. The number of rotatable bonds is 2. The van der Waals surface area contributed by atoms with Crippen LogP contribution >= 0.6 is 15.9 Å². The van der Waals surface area contributed by atoms with Crippen LogP contribution in [0.5, 0.6) is 5.75 Å². The number of ether oxygens (including phenoxy) is 1. The van der Waals surface area contributed by atoms with E-state index < -0.39 is 0 Å². The lowest BCUT2D eigenvalue weighted by molar-refractivity contribution is -0.141. The molecule has 0 bridgehead atoms. The van der Waals surface area contributed by atoms with Crippen LogP contribution in [-0.2, 0) is 9.53 Å². The van der Waals surface area contributed by atoms with Crippen molar-refractivity contribution < 1.29 is 14.6 Å². The SMILES string of the molecule is CCOC(=O)CC#Cc1ccc(O)c(Br)c1. The molecule has 0 spiro atoms. The van der Waals surface area contributed by atoms with Crippen molar-refractivity contribution in [1.82, 2.24) is 0 Å². The molecule has 16 heavy (non-hydrogen) atoms. The van der Waals surface area contributed by atoms with Gasteiger partial charge in [0, 0.05) is 5.56 Å². The van der Waals surface area contributed by atoms with Crippen LogP contribution in [0.15, 0.2) is 22.7 Å². The van der Waals surface area contributed by atoms with Gasteiger partial charge in [-0.15, -0.1) is 0 Å². The fourth-order valence-electron chi connectivity index (χ4n) is 1.02. The maximum atomic E-state index is 11.0. The summed E-state index contributed by atoms with van der Waals surface area (Å²) in [5.41, 5.74) is 0.731. The number of phenolic OH excluding ortho intramolecular Hbond substituents is 1. The van der Waals surface area contributed by atoms with Crippen LogP contribution < -0.4 is 0 Å². The minimum absolute atomic E-state index is 0.0757. The molecule has 1 aromatic carbocycles. The Morgan fingerprint density at radius 2 is 2.31 bits per heavy atom. The lowest BCUT2D eigenvalue weighted by Crippen LogP contribution is -2.01. The molecule has 0 aliphatic carbocycles. The van der Waals surface area contributed by atoms with Gasteiger partial charge in [-0.2, -0.15) is 0 Å². The number of carbonyl (C=O) groups is 1. The van der Waals surface area contributed by atoms with Gasteiger partial charge < -0.3 is 9.84 Å². The maximum Gasteiger partial charge on any atom is 0.317 e. The molecule has 4 heteroatoms. The summed E-state index contributed by atoms with van der Waals surface area (Å²) >= 11 is 3.18. The number of esters is 1. The van der Waals surface area contributed by atoms with E-state index in [0.29, 0.717) is 11.1 Å². The lowest BCUT2D eigenvalue weighted by atomic mass is 10.2. The molecule has 3 nitrogen and oxygen atoms in total. The van der Waals surface area contributed by atoms with Crippen molar-refractivity contribution in [2.75, 3.05) is 6.61 Å². The Kier molecular flexibility index (Phi) is 4.87. The molecule has 0 unspecified atom stereocenters. The predicted molar refractivity (Wildman–Crippen MR) is 63.9 cm³/mol. The van der Waals surface area contributed by atoms with Crippen molar-refractivity contribution in [3.05, 3.63) is 28.2 Å². The second-order valence-electron chi connectivity index (χ2n) is 2.95. The van der Waals surface area contributed by atoms with Crippen molar-refractivity contribution >= 4 is 21.9 Å². The highest BCUT2D eigenvalue weighted by atomic mass is 79.9. The lowest BCUT2D eigenvalue weighted by Gasteiger charge is -1.96. The summed E-state index contributed by atoms with van der Waals surface area (Å²) in [7, 11) is 0. The van der Waals surface area contributed by atoms with Crippen LogP contribution in [0.3, 0.4) is 0 Å². The molecule has 84 valence electrons. The second-order valence-corrected chi connectivity index (χ2v) is 3.80. The zero-order valence-electron chi connectivity index (χ0n) is 8.79. The third-order valence-corrected chi connectivity index (χ3v) is 2.35. The summed E-state index contributed by atoms with van der Waals surface area (Å²) in [5, 5.41) is 9.26. The van der Waals surface area contributed by atoms with Crippen LogP contribution in [0.2, 0.25) is 0 Å². The Labute approximate surface area is 103 Å². The highest BCUT2D eigenvalue weighted by Crippen LogP contribution is 2.23. The van der Waals surface area contributed by atoms with Crippen LogP contribution in [0.1, 0.15) is 18.9 Å². The number of hydrogen-bond acceptors (Lipinski definition) is 3. The Hall–Kier alpha value is -1.47. The molecule has 0 fully saturated rings. The smallest absolute Gasteiger partial charge is 0.317 e. The van der Waals surface area contributed by atoms with E-state index in [0.717, 1.165) is 5.56 Å². The van der Waals surface area contributed by atoms with Gasteiger partial charge in [-0.1, -0.05) is 11.8 Å². The second kappa shape index (κ2) is 6.19. The highest BCUT2D eigenvalue weighted by Gasteiger charge is 1.98. The van der Waals surface area contributed by atoms with Gasteiger partial charge in [0.25, 0.3) is 0 Å². The third-order valence-electron chi connectivity index (χ3n) is 1.72. The number of phenols is 1. The van der Waals surface area contributed by atoms with Crippen molar-refractivity contribution in [3.8, 4) is 17.6 Å². The highest BCUT2D eigenvalue weighted by molar-refractivity contribution is 9.10. The Bertz CT molecular complexity index is 443. The zero-order chi connectivity index (χ0) is 12.0. The van der Waals surface area contributed by atoms with Crippen LogP contribution in [0.4, 0.5) is 0 Å². The number of carbonyl (C=O) groups excluding carboxylic acids is 1. The molecule has 0 aliphatic rings. The van der Waals surface area contributed by atoms with E-state index in [4.69, 9.17) is 4.74 Å². The van der Waals surface area contributed by atoms with E-state index in [1.807, 2.05) is 0 Å². The molecule has 0 atom stereocenters. The van der Waals surface area contributed by atoms with Gasteiger partial charge in [0.2, 0.25) is 0 Å². The molecule has 0 aromatic heterocycles. The molecular weight excluding hydrogens is 272 g/mol. The van der Waals surface area contributed by atoms with Gasteiger partial charge in [0.1, 0.15) is 12.2 Å². The molecule has 1 rings (SSSR count). The normalized spacial score (nSPS) is 9.12. The molecular formula is C12H11BrO3. The Morgan fingerprint density at radius 3 is 2.94 bits per heavy atom. The summed E-state index contributed by atoms with van der Waals surface area (Å²) in [6.07, 6.45) is 0.0757. The quantitative estimate of drug-likeness (QED) is 0.670. The molecule has 1 N–H and O–H groups in total. The molecule has 0 aliphatic heterocycles. The number of halogens is 1. The molecule has 0 amide bonds. The van der Waals surface area contributed by atoms with Crippen molar-refractivity contribution in [1.29, 1.82) is 0 Å². The minimum Gasteiger partial charge on any atom is -0.507 e. The topological polar surface area (TPSA) is 46.5 Å². The van der Waals surface area contributed by atoms with Gasteiger partial charge in [-0.05, 0) is 41.1 Å². The first-order chi connectivity index (χ1) is 7.63. The van der Waals surface area contributed by atoms with Gasteiger partial charge in [0.15, 0.2) is 0 Å². The summed E-state index contributed by atoms with van der Waals surface area (Å²) < 4.78 is 5.31. The minimum atomic E-state index is -0.326. The molecule has 0 radical (unpaired) electrons.